The first-order valence-electron chi connectivity index (χ1n) is 11.9. The van der Waals surface area contributed by atoms with Crippen molar-refractivity contribution in [2.75, 3.05) is 26.7 Å². The normalized spacial score (nSPS) is 18.7. The van der Waals surface area contributed by atoms with E-state index in [9.17, 15) is 0 Å². The first-order chi connectivity index (χ1) is 16.1. The van der Waals surface area contributed by atoms with Crippen LogP contribution in [0.5, 0.6) is 0 Å². The molecule has 0 bridgehead atoms. The molecule has 0 amide bonds. The number of likely N-dealkylation sites (tertiary alicyclic amines) is 1. The van der Waals surface area contributed by atoms with E-state index in [1.807, 2.05) is 24.7 Å². The van der Waals surface area contributed by atoms with Gasteiger partial charge in [0.05, 0.1) is 31.7 Å². The lowest BCUT2D eigenvalue weighted by molar-refractivity contribution is 0.189. The minimum Gasteiger partial charge on any atom is -0.468 e. The number of hydrogen-bond donors (Lipinski definition) is 1. The van der Waals surface area contributed by atoms with Gasteiger partial charge in [0, 0.05) is 38.6 Å². The molecule has 184 valence electrons. The SMILES string of the molecule is CCNC(=NCc1ccccc1CN(C)Cc1ccco1)N1CCC(C)C(n2ccnc2)C1.I. The fraction of sp³-hybridized carbons (Fsp3) is 0.462. The number of halogens is 1. The number of benzene rings is 1. The van der Waals surface area contributed by atoms with Gasteiger partial charge in [-0.25, -0.2) is 9.98 Å². The fourth-order valence-electron chi connectivity index (χ4n) is 4.56. The van der Waals surface area contributed by atoms with Crippen LogP contribution >= 0.6 is 24.0 Å². The third-order valence-corrected chi connectivity index (χ3v) is 6.42. The van der Waals surface area contributed by atoms with Crippen molar-refractivity contribution in [3.8, 4) is 0 Å². The number of piperidine rings is 1. The van der Waals surface area contributed by atoms with Crippen LogP contribution in [0, 0.1) is 5.92 Å². The van der Waals surface area contributed by atoms with Crippen molar-refractivity contribution in [3.05, 3.63) is 78.3 Å². The van der Waals surface area contributed by atoms with E-state index in [0.717, 1.165) is 50.9 Å². The summed E-state index contributed by atoms with van der Waals surface area (Å²) in [7, 11) is 2.12. The van der Waals surface area contributed by atoms with E-state index in [2.05, 4.69) is 76.0 Å². The average Bonchev–Trinajstić information content (AvgIpc) is 3.52. The molecular weight excluding hydrogens is 539 g/mol. The number of nitrogens with one attached hydrogen (secondary N) is 1. The molecule has 1 aliphatic heterocycles. The molecule has 0 spiro atoms. The van der Waals surface area contributed by atoms with Gasteiger partial charge in [-0.1, -0.05) is 31.2 Å². The second-order valence-corrected chi connectivity index (χ2v) is 8.98. The molecule has 34 heavy (non-hydrogen) atoms. The Hall–Kier alpha value is -2.33. The van der Waals surface area contributed by atoms with Gasteiger partial charge in [-0.2, -0.15) is 0 Å². The van der Waals surface area contributed by atoms with Gasteiger partial charge in [0.1, 0.15) is 5.76 Å². The smallest absolute Gasteiger partial charge is 0.194 e. The number of aliphatic imine (C=N–C) groups is 1. The minimum absolute atomic E-state index is 0. The first kappa shape index (κ1) is 26.3. The van der Waals surface area contributed by atoms with E-state index >= 15 is 0 Å². The van der Waals surface area contributed by atoms with Crippen LogP contribution in [0.1, 0.15) is 43.2 Å². The van der Waals surface area contributed by atoms with Crippen LogP contribution in [-0.2, 0) is 19.6 Å². The summed E-state index contributed by atoms with van der Waals surface area (Å²) < 4.78 is 7.75. The molecule has 1 saturated heterocycles. The summed E-state index contributed by atoms with van der Waals surface area (Å²) in [5.41, 5.74) is 2.56. The van der Waals surface area contributed by atoms with Gasteiger partial charge in [0.15, 0.2) is 5.96 Å². The van der Waals surface area contributed by atoms with Crippen molar-refractivity contribution in [1.29, 1.82) is 0 Å². The van der Waals surface area contributed by atoms with Crippen molar-refractivity contribution in [2.45, 2.75) is 45.9 Å². The molecule has 4 rings (SSSR count). The Kier molecular flexibility index (Phi) is 10.0. The molecule has 2 atom stereocenters. The fourth-order valence-corrected chi connectivity index (χ4v) is 4.56. The van der Waals surface area contributed by atoms with E-state index in [4.69, 9.17) is 9.41 Å². The van der Waals surface area contributed by atoms with Crippen LogP contribution in [-0.4, -0.2) is 52.0 Å². The third kappa shape index (κ3) is 6.85. The summed E-state index contributed by atoms with van der Waals surface area (Å²) in [5, 5.41) is 3.52. The Morgan fingerprint density at radius 3 is 2.74 bits per heavy atom. The maximum Gasteiger partial charge on any atom is 0.194 e. The van der Waals surface area contributed by atoms with Gasteiger partial charge < -0.3 is 19.2 Å². The van der Waals surface area contributed by atoms with Gasteiger partial charge in [-0.15, -0.1) is 24.0 Å². The predicted octanol–water partition coefficient (Wildman–Crippen LogP) is 4.77. The number of furan rings is 1. The summed E-state index contributed by atoms with van der Waals surface area (Å²) in [6, 6.07) is 13.0. The Balaban J connectivity index is 0.00000324. The molecule has 2 unspecified atom stereocenters. The summed E-state index contributed by atoms with van der Waals surface area (Å²) in [6.07, 6.45) is 8.74. The molecule has 0 radical (unpaired) electrons. The van der Waals surface area contributed by atoms with Crippen LogP contribution < -0.4 is 5.32 Å². The highest BCUT2D eigenvalue weighted by Gasteiger charge is 2.28. The number of aromatic nitrogens is 2. The lowest BCUT2D eigenvalue weighted by atomic mass is 9.93. The molecule has 1 aromatic carbocycles. The predicted molar refractivity (Wildman–Crippen MR) is 147 cm³/mol. The maximum atomic E-state index is 5.51. The highest BCUT2D eigenvalue weighted by atomic mass is 127. The zero-order valence-corrected chi connectivity index (χ0v) is 22.8. The average molecular weight is 577 g/mol. The Morgan fingerprint density at radius 2 is 2.03 bits per heavy atom. The van der Waals surface area contributed by atoms with Crippen molar-refractivity contribution in [2.24, 2.45) is 10.9 Å². The van der Waals surface area contributed by atoms with Gasteiger partial charge >= 0.3 is 0 Å². The highest BCUT2D eigenvalue weighted by Crippen LogP contribution is 2.27. The molecule has 1 N–H and O–H groups in total. The van der Waals surface area contributed by atoms with E-state index in [1.54, 1.807) is 6.26 Å². The lowest BCUT2D eigenvalue weighted by Gasteiger charge is -2.39. The van der Waals surface area contributed by atoms with Gasteiger partial charge in [0.25, 0.3) is 0 Å². The number of imidazole rings is 1. The molecule has 2 aromatic heterocycles. The topological polar surface area (TPSA) is 61.8 Å². The Morgan fingerprint density at radius 1 is 1.21 bits per heavy atom. The molecular formula is C26H37IN6O. The summed E-state index contributed by atoms with van der Waals surface area (Å²) >= 11 is 0. The second-order valence-electron chi connectivity index (χ2n) is 8.98. The van der Waals surface area contributed by atoms with Crippen LogP contribution in [0.15, 0.2) is 70.8 Å². The zero-order chi connectivity index (χ0) is 23.0. The quantitative estimate of drug-likeness (QED) is 0.238. The van der Waals surface area contributed by atoms with Crippen molar-refractivity contribution in [1.82, 2.24) is 24.7 Å². The molecule has 7 nitrogen and oxygen atoms in total. The summed E-state index contributed by atoms with van der Waals surface area (Å²) in [5.74, 6) is 2.59. The van der Waals surface area contributed by atoms with Gasteiger partial charge in [-0.3, -0.25) is 4.90 Å². The molecule has 1 fully saturated rings. The van der Waals surface area contributed by atoms with Gasteiger partial charge in [0.2, 0.25) is 0 Å². The Labute approximate surface area is 220 Å². The monoisotopic (exact) mass is 576 g/mol. The number of rotatable bonds is 8. The van der Waals surface area contributed by atoms with E-state index in [-0.39, 0.29) is 24.0 Å². The molecule has 1 aliphatic rings. The zero-order valence-electron chi connectivity index (χ0n) is 20.4. The number of guanidine groups is 1. The molecule has 3 aromatic rings. The lowest BCUT2D eigenvalue weighted by Crippen LogP contribution is -2.49. The number of nitrogens with zero attached hydrogens (tertiary/aromatic N) is 5. The van der Waals surface area contributed by atoms with Crippen LogP contribution in [0.2, 0.25) is 0 Å². The number of hydrogen-bond acceptors (Lipinski definition) is 4. The highest BCUT2D eigenvalue weighted by molar-refractivity contribution is 14.0. The minimum atomic E-state index is 0. The molecule has 8 heteroatoms. The maximum absolute atomic E-state index is 5.51. The van der Waals surface area contributed by atoms with Gasteiger partial charge in [-0.05, 0) is 49.6 Å². The van der Waals surface area contributed by atoms with Crippen LogP contribution in [0.4, 0.5) is 0 Å². The van der Waals surface area contributed by atoms with Crippen LogP contribution in [0.25, 0.3) is 0 Å². The molecule has 0 aliphatic carbocycles. The second kappa shape index (κ2) is 12.9. The molecule has 0 saturated carbocycles. The first-order valence-corrected chi connectivity index (χ1v) is 11.9. The van der Waals surface area contributed by atoms with E-state index in [0.29, 0.717) is 18.5 Å². The van der Waals surface area contributed by atoms with E-state index in [1.165, 1.54) is 11.1 Å². The van der Waals surface area contributed by atoms with Crippen molar-refractivity contribution < 1.29 is 4.42 Å². The Bertz CT molecular complexity index is 1000. The van der Waals surface area contributed by atoms with E-state index < -0.39 is 0 Å². The summed E-state index contributed by atoms with van der Waals surface area (Å²) in [4.78, 5) is 14.0. The molecule has 3 heterocycles. The summed E-state index contributed by atoms with van der Waals surface area (Å²) in [6.45, 7) is 9.59. The largest absolute Gasteiger partial charge is 0.468 e. The van der Waals surface area contributed by atoms with Crippen molar-refractivity contribution >= 4 is 29.9 Å². The third-order valence-electron chi connectivity index (χ3n) is 6.42. The standard InChI is InChI=1S/C26H36N6O.HI/c1-4-28-26(31-13-11-21(2)25(19-31)32-14-12-27-20-32)29-16-22-8-5-6-9-23(22)17-30(3)18-24-10-7-15-33-24;/h5-10,12,14-15,20-21,25H,4,11,13,16-19H2,1-3H3,(H,28,29);1H. The van der Waals surface area contributed by atoms with Crippen LogP contribution in [0.3, 0.4) is 0 Å². The van der Waals surface area contributed by atoms with Crippen molar-refractivity contribution in [3.63, 3.8) is 0 Å².